The zero-order valence-electron chi connectivity index (χ0n) is 8.54. The van der Waals surface area contributed by atoms with Gasteiger partial charge in [-0.25, -0.2) is 4.39 Å². The molecule has 0 radical (unpaired) electrons. The monoisotopic (exact) mass is 193 g/mol. The van der Waals surface area contributed by atoms with Crippen LogP contribution in [-0.2, 0) is 5.79 Å². The van der Waals surface area contributed by atoms with Crippen LogP contribution in [0.15, 0.2) is 30.3 Å². The van der Waals surface area contributed by atoms with Crippen LogP contribution < -0.4 is 0 Å². The Kier molecular flexibility index (Phi) is 2.55. The molecule has 1 heterocycles. The van der Waals surface area contributed by atoms with Gasteiger partial charge in [0, 0.05) is 18.5 Å². The molecule has 1 fully saturated rings. The number of rotatable bonds is 2. The van der Waals surface area contributed by atoms with Crippen LogP contribution in [-0.4, -0.2) is 18.0 Å². The van der Waals surface area contributed by atoms with E-state index in [4.69, 9.17) is 0 Å². The SMILES string of the molecule is CCN1CCCC1(F)c1ccccc1. The third-order valence-corrected chi connectivity index (χ3v) is 3.04. The molecular weight excluding hydrogens is 177 g/mol. The summed E-state index contributed by atoms with van der Waals surface area (Å²) in [5.74, 6) is -1.21. The van der Waals surface area contributed by atoms with Crippen molar-refractivity contribution in [2.75, 3.05) is 13.1 Å². The predicted molar refractivity (Wildman–Crippen MR) is 55.7 cm³/mol. The minimum absolute atomic E-state index is 0.630. The summed E-state index contributed by atoms with van der Waals surface area (Å²) in [5, 5.41) is 0. The van der Waals surface area contributed by atoms with Crippen molar-refractivity contribution in [2.45, 2.75) is 25.6 Å². The molecule has 0 spiro atoms. The minimum Gasteiger partial charge on any atom is -0.268 e. The third kappa shape index (κ3) is 1.44. The van der Waals surface area contributed by atoms with Crippen molar-refractivity contribution >= 4 is 0 Å². The fourth-order valence-electron chi connectivity index (χ4n) is 2.27. The molecule has 0 bridgehead atoms. The van der Waals surface area contributed by atoms with Gasteiger partial charge in [-0.1, -0.05) is 37.3 Å². The topological polar surface area (TPSA) is 3.24 Å². The van der Waals surface area contributed by atoms with E-state index in [9.17, 15) is 4.39 Å². The van der Waals surface area contributed by atoms with E-state index in [0.717, 1.165) is 25.1 Å². The Labute approximate surface area is 84.5 Å². The highest BCUT2D eigenvalue weighted by Gasteiger charge is 2.41. The highest BCUT2D eigenvalue weighted by molar-refractivity contribution is 5.22. The molecule has 76 valence electrons. The normalized spacial score (nSPS) is 28.1. The van der Waals surface area contributed by atoms with Gasteiger partial charge in [0.2, 0.25) is 0 Å². The van der Waals surface area contributed by atoms with Gasteiger partial charge in [-0.3, -0.25) is 4.90 Å². The molecule has 2 heteroatoms. The first-order valence-electron chi connectivity index (χ1n) is 5.27. The van der Waals surface area contributed by atoms with Gasteiger partial charge in [-0.05, 0) is 13.0 Å². The number of halogens is 1. The van der Waals surface area contributed by atoms with Gasteiger partial charge in [-0.2, -0.15) is 0 Å². The Bertz CT molecular complexity index is 298. The van der Waals surface area contributed by atoms with Crippen LogP contribution in [0.1, 0.15) is 25.3 Å². The first-order chi connectivity index (χ1) is 6.77. The summed E-state index contributed by atoms with van der Waals surface area (Å²) < 4.78 is 14.6. The Balaban J connectivity index is 2.31. The third-order valence-electron chi connectivity index (χ3n) is 3.04. The summed E-state index contributed by atoms with van der Waals surface area (Å²) in [4.78, 5) is 1.92. The summed E-state index contributed by atoms with van der Waals surface area (Å²) in [6, 6.07) is 9.51. The molecule has 1 nitrogen and oxygen atoms in total. The number of hydrogen-bond acceptors (Lipinski definition) is 1. The molecule has 0 N–H and O–H groups in total. The van der Waals surface area contributed by atoms with Crippen LogP contribution in [0, 0.1) is 0 Å². The molecule has 0 aromatic heterocycles. The second-order valence-corrected chi connectivity index (χ2v) is 3.81. The minimum atomic E-state index is -1.21. The van der Waals surface area contributed by atoms with E-state index in [1.807, 2.05) is 42.2 Å². The lowest BCUT2D eigenvalue weighted by Crippen LogP contribution is -2.36. The molecule has 1 aromatic carbocycles. The van der Waals surface area contributed by atoms with Gasteiger partial charge in [0.05, 0.1) is 0 Å². The van der Waals surface area contributed by atoms with Gasteiger partial charge < -0.3 is 0 Å². The molecule has 0 amide bonds. The van der Waals surface area contributed by atoms with Gasteiger partial charge in [0.15, 0.2) is 5.79 Å². The molecule has 0 aliphatic carbocycles. The van der Waals surface area contributed by atoms with E-state index in [-0.39, 0.29) is 0 Å². The highest BCUT2D eigenvalue weighted by Crippen LogP contribution is 2.39. The van der Waals surface area contributed by atoms with Gasteiger partial charge in [0.25, 0.3) is 0 Å². The average Bonchev–Trinajstić information content (AvgIpc) is 2.62. The maximum atomic E-state index is 14.6. The Morgan fingerprint density at radius 2 is 2.07 bits per heavy atom. The van der Waals surface area contributed by atoms with Crippen molar-refractivity contribution in [3.63, 3.8) is 0 Å². The molecule has 1 unspecified atom stereocenters. The molecular formula is C12H16FN. The lowest BCUT2D eigenvalue weighted by molar-refractivity contribution is 0.0000954. The van der Waals surface area contributed by atoms with E-state index >= 15 is 0 Å². The number of alkyl halides is 1. The summed E-state index contributed by atoms with van der Waals surface area (Å²) in [6.07, 6.45) is 1.59. The number of hydrogen-bond donors (Lipinski definition) is 0. The van der Waals surface area contributed by atoms with Gasteiger partial charge in [-0.15, -0.1) is 0 Å². The van der Waals surface area contributed by atoms with Crippen molar-refractivity contribution in [3.05, 3.63) is 35.9 Å². The fourth-order valence-corrected chi connectivity index (χ4v) is 2.27. The van der Waals surface area contributed by atoms with Crippen molar-refractivity contribution < 1.29 is 4.39 Å². The first-order valence-corrected chi connectivity index (χ1v) is 5.27. The maximum absolute atomic E-state index is 14.6. The van der Waals surface area contributed by atoms with Crippen LogP contribution in [0.3, 0.4) is 0 Å². The molecule has 1 aliphatic rings. The fraction of sp³-hybridized carbons (Fsp3) is 0.500. The van der Waals surface area contributed by atoms with Crippen LogP contribution in [0.4, 0.5) is 4.39 Å². The van der Waals surface area contributed by atoms with Crippen molar-refractivity contribution in [2.24, 2.45) is 0 Å². The summed E-state index contributed by atoms with van der Waals surface area (Å²) in [5.41, 5.74) is 0.805. The number of benzene rings is 1. The van der Waals surface area contributed by atoms with E-state index in [0.29, 0.717) is 6.42 Å². The van der Waals surface area contributed by atoms with Crippen molar-refractivity contribution in [1.29, 1.82) is 0 Å². The Morgan fingerprint density at radius 3 is 2.71 bits per heavy atom. The summed E-state index contributed by atoms with van der Waals surface area (Å²) in [7, 11) is 0. The van der Waals surface area contributed by atoms with E-state index in [1.54, 1.807) is 0 Å². The van der Waals surface area contributed by atoms with Crippen LogP contribution in [0.2, 0.25) is 0 Å². The first kappa shape index (κ1) is 9.66. The maximum Gasteiger partial charge on any atom is 0.189 e. The van der Waals surface area contributed by atoms with Gasteiger partial charge >= 0.3 is 0 Å². The molecule has 1 aromatic rings. The van der Waals surface area contributed by atoms with Crippen molar-refractivity contribution in [3.8, 4) is 0 Å². The summed E-state index contributed by atoms with van der Waals surface area (Å²) in [6.45, 7) is 3.68. The highest BCUT2D eigenvalue weighted by atomic mass is 19.1. The van der Waals surface area contributed by atoms with Crippen molar-refractivity contribution in [1.82, 2.24) is 4.90 Å². The second-order valence-electron chi connectivity index (χ2n) is 3.81. The lowest BCUT2D eigenvalue weighted by atomic mass is 10.0. The largest absolute Gasteiger partial charge is 0.268 e. The van der Waals surface area contributed by atoms with Crippen LogP contribution in [0.5, 0.6) is 0 Å². The molecule has 2 rings (SSSR count). The van der Waals surface area contributed by atoms with Crippen LogP contribution in [0.25, 0.3) is 0 Å². The van der Waals surface area contributed by atoms with E-state index < -0.39 is 5.79 Å². The van der Waals surface area contributed by atoms with E-state index in [2.05, 4.69) is 0 Å². The molecule has 1 atom stereocenters. The molecule has 1 saturated heterocycles. The Morgan fingerprint density at radius 1 is 1.36 bits per heavy atom. The predicted octanol–water partition coefficient (Wildman–Crippen LogP) is 2.92. The smallest absolute Gasteiger partial charge is 0.189 e. The molecule has 14 heavy (non-hydrogen) atoms. The zero-order valence-corrected chi connectivity index (χ0v) is 8.54. The number of nitrogens with zero attached hydrogens (tertiary/aromatic N) is 1. The Hall–Kier alpha value is -0.890. The van der Waals surface area contributed by atoms with Gasteiger partial charge in [0.1, 0.15) is 0 Å². The quantitative estimate of drug-likeness (QED) is 0.653. The molecule has 1 aliphatic heterocycles. The van der Waals surface area contributed by atoms with Crippen LogP contribution >= 0.6 is 0 Å². The summed E-state index contributed by atoms with van der Waals surface area (Å²) >= 11 is 0. The zero-order chi connectivity index (χ0) is 10.0. The standard InChI is InChI=1S/C12H16FN/c1-2-14-10-6-9-12(14,13)11-7-4-3-5-8-11/h3-5,7-8H,2,6,9-10H2,1H3. The molecule has 0 saturated carbocycles. The van der Waals surface area contributed by atoms with E-state index in [1.165, 1.54) is 0 Å². The lowest BCUT2D eigenvalue weighted by Gasteiger charge is -2.30. The number of likely N-dealkylation sites (tertiary alicyclic amines) is 1. The second kappa shape index (κ2) is 3.70. The average molecular weight is 193 g/mol.